The zero-order chi connectivity index (χ0) is 17.4. The average Bonchev–Trinajstić information content (AvgIpc) is 2.46. The molecule has 2 amide bonds. The van der Waals surface area contributed by atoms with E-state index in [1.165, 1.54) is 11.8 Å². The van der Waals surface area contributed by atoms with Crippen LogP contribution < -0.4 is 5.32 Å². The lowest BCUT2D eigenvalue weighted by atomic mass is 10.0. The second kappa shape index (κ2) is 9.29. The largest absolute Gasteiger partial charge is 0.481 e. The fourth-order valence-corrected chi connectivity index (χ4v) is 2.38. The highest BCUT2D eigenvalue weighted by Crippen LogP contribution is 2.20. The third-order valence-corrected chi connectivity index (χ3v) is 3.87. The van der Waals surface area contributed by atoms with Crippen LogP contribution in [0.25, 0.3) is 0 Å². The summed E-state index contributed by atoms with van der Waals surface area (Å²) in [4.78, 5) is 35.7. The molecule has 0 aliphatic heterocycles. The second-order valence-corrected chi connectivity index (χ2v) is 6.24. The van der Waals surface area contributed by atoms with Gasteiger partial charge in [-0.1, -0.05) is 28.1 Å². The smallest absolute Gasteiger partial charge is 0.303 e. The lowest BCUT2D eigenvalue weighted by molar-refractivity contribution is -0.138. The van der Waals surface area contributed by atoms with Gasteiger partial charge in [0.1, 0.15) is 0 Å². The van der Waals surface area contributed by atoms with E-state index in [2.05, 4.69) is 21.2 Å². The van der Waals surface area contributed by atoms with Crippen LogP contribution in [0, 0.1) is 0 Å². The molecule has 7 heteroatoms. The molecule has 0 bridgehead atoms. The molecule has 1 rings (SSSR count). The van der Waals surface area contributed by atoms with Crippen LogP contribution in [-0.2, 0) is 14.4 Å². The molecular weight excluding hydrogens is 364 g/mol. The summed E-state index contributed by atoms with van der Waals surface area (Å²) in [5.41, 5.74) is 0.843. The number of carboxylic acids is 1. The first-order valence-corrected chi connectivity index (χ1v) is 8.07. The lowest BCUT2D eigenvalue weighted by Gasteiger charge is -2.22. The van der Waals surface area contributed by atoms with Gasteiger partial charge >= 0.3 is 5.97 Å². The number of carbonyl (C=O) groups excluding carboxylic acids is 2. The van der Waals surface area contributed by atoms with E-state index in [9.17, 15) is 14.4 Å². The van der Waals surface area contributed by atoms with Crippen molar-refractivity contribution in [1.29, 1.82) is 0 Å². The average molecular weight is 385 g/mol. The number of benzene rings is 1. The fourth-order valence-electron chi connectivity index (χ4n) is 2.12. The molecule has 6 nitrogen and oxygen atoms in total. The zero-order valence-electron chi connectivity index (χ0n) is 13.2. The van der Waals surface area contributed by atoms with E-state index in [0.717, 1.165) is 10.0 Å². The van der Waals surface area contributed by atoms with E-state index in [-0.39, 0.29) is 24.7 Å². The number of carboxylic acid groups (broad SMARTS) is 1. The molecule has 2 N–H and O–H groups in total. The van der Waals surface area contributed by atoms with Crippen molar-refractivity contribution in [2.45, 2.75) is 32.2 Å². The minimum Gasteiger partial charge on any atom is -0.481 e. The van der Waals surface area contributed by atoms with E-state index in [1.807, 2.05) is 24.3 Å². The minimum atomic E-state index is -0.878. The fraction of sp³-hybridized carbons (Fsp3) is 0.438. The predicted octanol–water partition coefficient (Wildman–Crippen LogP) is 2.34. The number of nitrogens with zero attached hydrogens (tertiary/aromatic N) is 1. The van der Waals surface area contributed by atoms with Gasteiger partial charge in [0, 0.05) is 31.4 Å². The Balaban J connectivity index is 2.68. The maximum Gasteiger partial charge on any atom is 0.303 e. The lowest BCUT2D eigenvalue weighted by Crippen LogP contribution is -2.34. The minimum absolute atomic E-state index is 0.0272. The predicted molar refractivity (Wildman–Crippen MR) is 89.8 cm³/mol. The first-order chi connectivity index (χ1) is 10.8. The number of halogens is 1. The number of hydrogen-bond acceptors (Lipinski definition) is 3. The maximum absolute atomic E-state index is 12.3. The Hall–Kier alpha value is -1.89. The number of rotatable bonds is 8. The third-order valence-electron chi connectivity index (χ3n) is 3.34. The Labute approximate surface area is 144 Å². The third kappa shape index (κ3) is 7.27. The molecule has 0 radical (unpaired) electrons. The van der Waals surface area contributed by atoms with Gasteiger partial charge in [-0.25, -0.2) is 0 Å². The molecule has 0 saturated carbocycles. The highest BCUT2D eigenvalue weighted by atomic mass is 79.9. The van der Waals surface area contributed by atoms with Gasteiger partial charge in [-0.3, -0.25) is 14.4 Å². The molecule has 23 heavy (non-hydrogen) atoms. The monoisotopic (exact) mass is 384 g/mol. The van der Waals surface area contributed by atoms with Gasteiger partial charge in [0.2, 0.25) is 11.8 Å². The van der Waals surface area contributed by atoms with Crippen LogP contribution in [0.3, 0.4) is 0 Å². The molecule has 0 heterocycles. The molecule has 1 aromatic rings. The summed E-state index contributed by atoms with van der Waals surface area (Å²) in [6.07, 6.45) is 0.560. The molecule has 0 aliphatic carbocycles. The van der Waals surface area contributed by atoms with Gasteiger partial charge in [0.25, 0.3) is 0 Å². The van der Waals surface area contributed by atoms with Gasteiger partial charge in [0.15, 0.2) is 0 Å². The Morgan fingerprint density at radius 1 is 1.26 bits per heavy atom. The number of hydrogen-bond donors (Lipinski definition) is 2. The van der Waals surface area contributed by atoms with Crippen LogP contribution in [0.5, 0.6) is 0 Å². The number of nitrogens with one attached hydrogen (secondary N) is 1. The van der Waals surface area contributed by atoms with Crippen LogP contribution >= 0.6 is 15.9 Å². The van der Waals surface area contributed by atoms with Gasteiger partial charge < -0.3 is 15.3 Å². The molecule has 126 valence electrons. The molecule has 1 unspecified atom stereocenters. The molecule has 0 saturated heterocycles. The summed E-state index contributed by atoms with van der Waals surface area (Å²) in [5, 5.41) is 11.4. The van der Waals surface area contributed by atoms with Crippen molar-refractivity contribution in [3.63, 3.8) is 0 Å². The van der Waals surface area contributed by atoms with Gasteiger partial charge in [-0.05, 0) is 24.1 Å². The molecule has 0 aliphatic rings. The normalized spacial score (nSPS) is 11.6. The van der Waals surface area contributed by atoms with E-state index in [4.69, 9.17) is 5.11 Å². The Morgan fingerprint density at radius 3 is 2.39 bits per heavy atom. The summed E-state index contributed by atoms with van der Waals surface area (Å²) >= 11 is 3.35. The number of amides is 2. The van der Waals surface area contributed by atoms with Crippen molar-refractivity contribution in [3.05, 3.63) is 34.3 Å². The van der Waals surface area contributed by atoms with Crippen LogP contribution in [0.1, 0.15) is 37.8 Å². The van der Waals surface area contributed by atoms with Crippen molar-refractivity contribution < 1.29 is 19.5 Å². The number of aliphatic carboxylic acids is 1. The standard InChI is InChI=1S/C16H21BrN2O4/c1-11(20)18-14(12-5-7-13(17)8-6-12)10-15(21)19(2)9-3-4-16(22)23/h5-8,14H,3-4,9-10H2,1-2H3,(H,18,20)(H,22,23). The quantitative estimate of drug-likeness (QED) is 0.719. The highest BCUT2D eigenvalue weighted by molar-refractivity contribution is 9.10. The van der Waals surface area contributed by atoms with E-state index < -0.39 is 12.0 Å². The van der Waals surface area contributed by atoms with Crippen molar-refractivity contribution in [2.24, 2.45) is 0 Å². The summed E-state index contributed by atoms with van der Waals surface area (Å²) < 4.78 is 0.917. The Kier molecular flexibility index (Phi) is 7.74. The summed E-state index contributed by atoms with van der Waals surface area (Å²) in [7, 11) is 1.64. The maximum atomic E-state index is 12.3. The Bertz CT molecular complexity index is 560. The van der Waals surface area contributed by atoms with Gasteiger partial charge in [-0.15, -0.1) is 0 Å². The second-order valence-electron chi connectivity index (χ2n) is 5.32. The zero-order valence-corrected chi connectivity index (χ0v) is 14.8. The van der Waals surface area contributed by atoms with E-state index in [1.54, 1.807) is 7.05 Å². The molecule has 0 aromatic heterocycles. The van der Waals surface area contributed by atoms with Crippen LogP contribution in [-0.4, -0.2) is 41.4 Å². The van der Waals surface area contributed by atoms with Crippen LogP contribution in [0.4, 0.5) is 0 Å². The Morgan fingerprint density at radius 2 is 1.87 bits per heavy atom. The molecule has 1 aromatic carbocycles. The van der Waals surface area contributed by atoms with Crippen LogP contribution in [0.15, 0.2) is 28.7 Å². The first kappa shape index (κ1) is 19.2. The van der Waals surface area contributed by atoms with Crippen LogP contribution in [0.2, 0.25) is 0 Å². The van der Waals surface area contributed by atoms with Crippen molar-refractivity contribution in [1.82, 2.24) is 10.2 Å². The van der Waals surface area contributed by atoms with Gasteiger partial charge in [0.05, 0.1) is 12.5 Å². The topological polar surface area (TPSA) is 86.7 Å². The van der Waals surface area contributed by atoms with Crippen molar-refractivity contribution in [2.75, 3.05) is 13.6 Å². The summed E-state index contributed by atoms with van der Waals surface area (Å²) in [6, 6.07) is 7.00. The summed E-state index contributed by atoms with van der Waals surface area (Å²) in [6.45, 7) is 1.78. The van der Waals surface area contributed by atoms with E-state index in [0.29, 0.717) is 13.0 Å². The number of carbonyl (C=O) groups is 3. The first-order valence-electron chi connectivity index (χ1n) is 7.28. The molecule has 0 fully saturated rings. The van der Waals surface area contributed by atoms with Gasteiger partial charge in [-0.2, -0.15) is 0 Å². The highest BCUT2D eigenvalue weighted by Gasteiger charge is 2.19. The molecular formula is C16H21BrN2O4. The SMILES string of the molecule is CC(=O)NC(CC(=O)N(C)CCCC(=O)O)c1ccc(Br)cc1. The molecule has 0 spiro atoms. The van der Waals surface area contributed by atoms with Crippen molar-refractivity contribution in [3.8, 4) is 0 Å². The molecule has 1 atom stereocenters. The summed E-state index contributed by atoms with van der Waals surface area (Å²) in [5.74, 6) is -1.23. The van der Waals surface area contributed by atoms with E-state index >= 15 is 0 Å². The van der Waals surface area contributed by atoms with Crippen molar-refractivity contribution >= 4 is 33.7 Å².